The number of amides is 1. The molecule has 1 amide bonds. The molecule has 2 aromatic heterocycles. The molecule has 1 aromatic carbocycles. The minimum Gasteiger partial charge on any atom is -0.327 e. The monoisotopic (exact) mass is 408 g/mol. The highest BCUT2D eigenvalue weighted by molar-refractivity contribution is 7.09. The summed E-state index contributed by atoms with van der Waals surface area (Å²) in [6.07, 6.45) is -4.61. The zero-order chi connectivity index (χ0) is 20.1. The van der Waals surface area contributed by atoms with Crippen LogP contribution in [0.3, 0.4) is 0 Å². The van der Waals surface area contributed by atoms with E-state index in [4.69, 9.17) is 0 Å². The van der Waals surface area contributed by atoms with Crippen LogP contribution in [0.1, 0.15) is 40.5 Å². The standard InChI is InChI=1S/C17H15F3N6OS/c1-9-3-5-11(6-4-9)15(27)25-7-8-26-12(10(25)2)22-23-13(26)14-21-16(24-28-14)17(18,19)20/h3-6,10H,7-8H2,1-2H3/t10-/m1/s1. The first-order chi connectivity index (χ1) is 13.3. The molecule has 1 aliphatic rings. The third-order valence-electron chi connectivity index (χ3n) is 4.62. The van der Waals surface area contributed by atoms with Crippen LogP contribution in [0.25, 0.3) is 10.8 Å². The Kier molecular flexibility index (Phi) is 4.41. The summed E-state index contributed by atoms with van der Waals surface area (Å²) in [5, 5.41) is 8.16. The molecule has 0 radical (unpaired) electrons. The van der Waals surface area contributed by atoms with E-state index in [1.165, 1.54) is 0 Å². The van der Waals surface area contributed by atoms with Crippen molar-refractivity contribution in [2.24, 2.45) is 0 Å². The van der Waals surface area contributed by atoms with Gasteiger partial charge in [-0.15, -0.1) is 10.2 Å². The Hall–Kier alpha value is -2.82. The van der Waals surface area contributed by atoms with E-state index in [1.54, 1.807) is 21.6 Å². The fourth-order valence-electron chi connectivity index (χ4n) is 3.11. The average Bonchev–Trinajstić information content (AvgIpc) is 3.29. The molecule has 0 saturated carbocycles. The summed E-state index contributed by atoms with van der Waals surface area (Å²) in [7, 11) is 0. The van der Waals surface area contributed by atoms with Crippen molar-refractivity contribution in [3.05, 3.63) is 47.0 Å². The van der Waals surface area contributed by atoms with Gasteiger partial charge in [0.1, 0.15) is 0 Å². The van der Waals surface area contributed by atoms with Crippen LogP contribution in [0, 0.1) is 6.92 Å². The van der Waals surface area contributed by atoms with E-state index in [-0.39, 0.29) is 22.8 Å². The fraction of sp³-hybridized carbons (Fsp3) is 0.353. The van der Waals surface area contributed by atoms with Gasteiger partial charge < -0.3 is 9.47 Å². The first-order valence-corrected chi connectivity index (χ1v) is 9.25. The molecule has 7 nitrogen and oxygen atoms in total. The normalized spacial score (nSPS) is 16.9. The molecule has 3 aromatic rings. The second-order valence-electron chi connectivity index (χ2n) is 6.49. The molecule has 146 valence electrons. The molecule has 1 atom stereocenters. The van der Waals surface area contributed by atoms with Crippen molar-refractivity contribution in [1.29, 1.82) is 0 Å². The SMILES string of the molecule is Cc1ccc(C(=O)N2CCn3c(-c4nc(C(F)(F)F)ns4)nnc3[C@H]2C)cc1. The maximum atomic E-state index is 12.8. The molecule has 3 heterocycles. The van der Waals surface area contributed by atoms with Crippen LogP contribution in [-0.2, 0) is 12.7 Å². The Labute approximate surface area is 162 Å². The quantitative estimate of drug-likeness (QED) is 0.650. The van der Waals surface area contributed by atoms with Crippen molar-refractivity contribution >= 4 is 17.4 Å². The van der Waals surface area contributed by atoms with Gasteiger partial charge in [-0.05, 0) is 37.5 Å². The predicted molar refractivity (Wildman–Crippen MR) is 94.6 cm³/mol. The molecule has 0 aliphatic carbocycles. The molecule has 0 unspecified atom stereocenters. The van der Waals surface area contributed by atoms with Crippen molar-refractivity contribution < 1.29 is 18.0 Å². The van der Waals surface area contributed by atoms with Crippen LogP contribution >= 0.6 is 11.5 Å². The van der Waals surface area contributed by atoms with E-state index in [1.807, 2.05) is 26.0 Å². The van der Waals surface area contributed by atoms with E-state index in [0.29, 0.717) is 36.0 Å². The number of hydrogen-bond acceptors (Lipinski definition) is 6. The summed E-state index contributed by atoms with van der Waals surface area (Å²) in [4.78, 5) is 18.1. The van der Waals surface area contributed by atoms with E-state index >= 15 is 0 Å². The Morgan fingerprint density at radius 2 is 1.89 bits per heavy atom. The van der Waals surface area contributed by atoms with Gasteiger partial charge in [0, 0.05) is 18.7 Å². The van der Waals surface area contributed by atoms with Gasteiger partial charge in [0.25, 0.3) is 5.91 Å². The molecule has 0 fully saturated rings. The van der Waals surface area contributed by atoms with Gasteiger partial charge >= 0.3 is 6.18 Å². The van der Waals surface area contributed by atoms with Gasteiger partial charge in [0.15, 0.2) is 16.7 Å². The lowest BCUT2D eigenvalue weighted by Gasteiger charge is -2.33. The van der Waals surface area contributed by atoms with E-state index in [0.717, 1.165) is 5.56 Å². The van der Waals surface area contributed by atoms with Crippen molar-refractivity contribution in [2.45, 2.75) is 32.6 Å². The summed E-state index contributed by atoms with van der Waals surface area (Å²) >= 11 is 0.629. The molecular weight excluding hydrogens is 393 g/mol. The average molecular weight is 408 g/mol. The summed E-state index contributed by atoms with van der Waals surface area (Å²) in [6.45, 7) is 4.51. The number of carbonyl (C=O) groups excluding carboxylic acids is 1. The maximum absolute atomic E-state index is 12.8. The van der Waals surface area contributed by atoms with Gasteiger partial charge in [0.2, 0.25) is 5.82 Å². The highest BCUT2D eigenvalue weighted by Gasteiger charge is 2.38. The molecule has 11 heteroatoms. The van der Waals surface area contributed by atoms with E-state index < -0.39 is 12.0 Å². The van der Waals surface area contributed by atoms with Crippen LogP contribution in [-0.4, -0.2) is 41.5 Å². The Morgan fingerprint density at radius 1 is 1.18 bits per heavy atom. The first-order valence-electron chi connectivity index (χ1n) is 8.47. The largest absolute Gasteiger partial charge is 0.452 e. The molecule has 0 bridgehead atoms. The number of halogens is 3. The topological polar surface area (TPSA) is 76.8 Å². The van der Waals surface area contributed by atoms with Crippen molar-refractivity contribution in [3.8, 4) is 10.8 Å². The fourth-order valence-corrected chi connectivity index (χ4v) is 3.79. The Balaban J connectivity index is 1.62. The van der Waals surface area contributed by atoms with Crippen LogP contribution in [0.2, 0.25) is 0 Å². The Bertz CT molecular complexity index is 1030. The lowest BCUT2D eigenvalue weighted by molar-refractivity contribution is -0.144. The van der Waals surface area contributed by atoms with Crippen molar-refractivity contribution in [1.82, 2.24) is 29.0 Å². The number of aryl methyl sites for hydroxylation is 1. The van der Waals surface area contributed by atoms with Gasteiger partial charge in [-0.2, -0.15) is 17.5 Å². The lowest BCUT2D eigenvalue weighted by atomic mass is 10.1. The van der Waals surface area contributed by atoms with Crippen LogP contribution < -0.4 is 0 Å². The number of nitrogens with zero attached hydrogens (tertiary/aromatic N) is 6. The molecule has 0 saturated heterocycles. The molecular formula is C17H15F3N6OS. The highest BCUT2D eigenvalue weighted by atomic mass is 32.1. The zero-order valence-corrected chi connectivity index (χ0v) is 15.8. The number of alkyl halides is 3. The van der Waals surface area contributed by atoms with Crippen molar-refractivity contribution in [3.63, 3.8) is 0 Å². The van der Waals surface area contributed by atoms with Crippen LogP contribution in [0.5, 0.6) is 0 Å². The predicted octanol–water partition coefficient (Wildman–Crippen LogP) is 3.34. The molecule has 0 spiro atoms. The number of aromatic nitrogens is 5. The smallest absolute Gasteiger partial charge is 0.327 e. The summed E-state index contributed by atoms with van der Waals surface area (Å²) in [5.41, 5.74) is 1.63. The van der Waals surface area contributed by atoms with Crippen LogP contribution in [0.15, 0.2) is 24.3 Å². The second kappa shape index (κ2) is 6.66. The summed E-state index contributed by atoms with van der Waals surface area (Å²) in [5.74, 6) is -0.578. The number of rotatable bonds is 2. The molecule has 1 aliphatic heterocycles. The van der Waals surface area contributed by atoms with Crippen LogP contribution in [0.4, 0.5) is 13.2 Å². The first kappa shape index (κ1) is 18.5. The third kappa shape index (κ3) is 3.15. The molecule has 4 rings (SSSR count). The van der Waals surface area contributed by atoms with E-state index in [2.05, 4.69) is 19.6 Å². The number of fused-ring (bicyclic) bond motifs is 1. The molecule has 0 N–H and O–H groups in total. The van der Waals surface area contributed by atoms with E-state index in [9.17, 15) is 18.0 Å². The number of benzene rings is 1. The minimum atomic E-state index is -4.61. The van der Waals surface area contributed by atoms with Gasteiger partial charge in [-0.3, -0.25) is 4.79 Å². The van der Waals surface area contributed by atoms with Gasteiger partial charge in [0.05, 0.1) is 6.04 Å². The number of hydrogen-bond donors (Lipinski definition) is 0. The maximum Gasteiger partial charge on any atom is 0.452 e. The second-order valence-corrected chi connectivity index (χ2v) is 7.25. The highest BCUT2D eigenvalue weighted by Crippen LogP contribution is 2.33. The third-order valence-corrected chi connectivity index (χ3v) is 5.33. The minimum absolute atomic E-state index is 0.0524. The molecule has 28 heavy (non-hydrogen) atoms. The number of carbonyl (C=O) groups is 1. The van der Waals surface area contributed by atoms with Gasteiger partial charge in [-0.1, -0.05) is 17.7 Å². The Morgan fingerprint density at radius 3 is 2.54 bits per heavy atom. The summed E-state index contributed by atoms with van der Waals surface area (Å²) in [6, 6.07) is 6.91. The lowest BCUT2D eigenvalue weighted by Crippen LogP contribution is -2.41. The zero-order valence-electron chi connectivity index (χ0n) is 14.9. The van der Waals surface area contributed by atoms with Gasteiger partial charge in [-0.25, -0.2) is 4.98 Å². The van der Waals surface area contributed by atoms with Crippen molar-refractivity contribution in [2.75, 3.05) is 6.54 Å². The summed E-state index contributed by atoms with van der Waals surface area (Å²) < 4.78 is 43.4.